The smallest absolute Gasteiger partial charge is 0.176 e. The van der Waals surface area contributed by atoms with Crippen LogP contribution in [0, 0.1) is 0 Å². The zero-order valence-electron chi connectivity index (χ0n) is 8.34. The molecule has 0 spiro atoms. The first kappa shape index (κ1) is 10.1. The molecule has 0 fully saturated rings. The molecule has 1 aliphatic rings. The topological polar surface area (TPSA) is 46.5 Å². The van der Waals surface area contributed by atoms with E-state index in [4.69, 9.17) is 0 Å². The molecule has 0 aliphatic carbocycles. The van der Waals surface area contributed by atoms with E-state index in [1.807, 2.05) is 12.1 Å². The molecule has 0 bridgehead atoms. The van der Waals surface area contributed by atoms with E-state index in [1.165, 1.54) is 6.26 Å². The Bertz CT molecular complexity index is 541. The first-order valence-corrected chi connectivity index (χ1v) is 6.49. The summed E-state index contributed by atoms with van der Waals surface area (Å²) in [5.41, 5.74) is 1.53. The Morgan fingerprint density at radius 2 is 2.00 bits per heavy atom. The van der Waals surface area contributed by atoms with Crippen LogP contribution >= 0.6 is 0 Å². The summed E-state index contributed by atoms with van der Waals surface area (Å²) < 4.78 is 23.1. The fourth-order valence-corrected chi connectivity index (χ4v) is 2.48. The fourth-order valence-electron chi connectivity index (χ4n) is 1.57. The molecule has 4 heteroatoms. The third-order valence-corrected chi connectivity index (χ3v) is 3.40. The van der Waals surface area contributed by atoms with Crippen LogP contribution in [0.25, 0.3) is 0 Å². The SMILES string of the molecule is CS(=O)(=O)c1ccccc1C1=NC=CC1. The lowest BCUT2D eigenvalue weighted by molar-refractivity contribution is 0.601. The first-order valence-electron chi connectivity index (χ1n) is 4.60. The summed E-state index contributed by atoms with van der Waals surface area (Å²) in [6.45, 7) is 0. The van der Waals surface area contributed by atoms with E-state index >= 15 is 0 Å². The summed E-state index contributed by atoms with van der Waals surface area (Å²) in [5, 5.41) is 0. The van der Waals surface area contributed by atoms with Crippen LogP contribution < -0.4 is 0 Å². The van der Waals surface area contributed by atoms with Crippen LogP contribution in [-0.4, -0.2) is 20.4 Å². The maximum Gasteiger partial charge on any atom is 0.176 e. The minimum Gasteiger partial charge on any atom is -0.261 e. The van der Waals surface area contributed by atoms with Gasteiger partial charge in [0.25, 0.3) is 0 Å². The Kier molecular flexibility index (Phi) is 2.44. The summed E-state index contributed by atoms with van der Waals surface area (Å²) in [4.78, 5) is 4.51. The molecule has 78 valence electrons. The number of nitrogens with zero attached hydrogens (tertiary/aromatic N) is 1. The molecule has 2 rings (SSSR count). The highest BCUT2D eigenvalue weighted by molar-refractivity contribution is 7.90. The number of sulfone groups is 1. The number of hydrogen-bond acceptors (Lipinski definition) is 3. The van der Waals surface area contributed by atoms with E-state index in [0.29, 0.717) is 16.9 Å². The first-order chi connectivity index (χ1) is 7.09. The largest absolute Gasteiger partial charge is 0.261 e. The number of rotatable bonds is 2. The third kappa shape index (κ3) is 1.99. The van der Waals surface area contributed by atoms with Gasteiger partial charge in [-0.1, -0.05) is 24.3 Å². The zero-order valence-corrected chi connectivity index (χ0v) is 9.16. The molecule has 0 saturated carbocycles. The van der Waals surface area contributed by atoms with Crippen molar-refractivity contribution >= 4 is 15.5 Å². The predicted octanol–water partition coefficient (Wildman–Crippen LogP) is 1.80. The van der Waals surface area contributed by atoms with Crippen LogP contribution in [0.4, 0.5) is 0 Å². The highest BCUT2D eigenvalue weighted by atomic mass is 32.2. The van der Waals surface area contributed by atoms with Crippen LogP contribution in [0.3, 0.4) is 0 Å². The van der Waals surface area contributed by atoms with E-state index in [-0.39, 0.29) is 0 Å². The van der Waals surface area contributed by atoms with Crippen molar-refractivity contribution in [3.8, 4) is 0 Å². The van der Waals surface area contributed by atoms with Crippen molar-refractivity contribution in [2.75, 3.05) is 6.26 Å². The molecule has 0 N–H and O–H groups in total. The van der Waals surface area contributed by atoms with Crippen LogP contribution in [0.2, 0.25) is 0 Å². The Labute approximate surface area is 89.1 Å². The zero-order chi connectivity index (χ0) is 10.9. The molecule has 1 heterocycles. The van der Waals surface area contributed by atoms with Crippen molar-refractivity contribution in [3.63, 3.8) is 0 Å². The molecule has 3 nitrogen and oxygen atoms in total. The number of allylic oxidation sites excluding steroid dienone is 1. The Hall–Kier alpha value is -1.42. The van der Waals surface area contributed by atoms with Gasteiger partial charge in [0.05, 0.1) is 10.6 Å². The summed E-state index contributed by atoms with van der Waals surface area (Å²) in [6, 6.07) is 6.96. The summed E-state index contributed by atoms with van der Waals surface area (Å²) in [6.07, 6.45) is 5.53. The second-order valence-corrected chi connectivity index (χ2v) is 5.42. The van der Waals surface area contributed by atoms with Gasteiger partial charge in [0, 0.05) is 24.4 Å². The van der Waals surface area contributed by atoms with Gasteiger partial charge in [-0.15, -0.1) is 0 Å². The van der Waals surface area contributed by atoms with Gasteiger partial charge in [0.15, 0.2) is 9.84 Å². The average molecular weight is 221 g/mol. The van der Waals surface area contributed by atoms with E-state index < -0.39 is 9.84 Å². The Balaban J connectivity index is 2.57. The third-order valence-electron chi connectivity index (χ3n) is 2.24. The predicted molar refractivity (Wildman–Crippen MR) is 59.8 cm³/mol. The standard InChI is InChI=1S/C11H11NO2S/c1-15(13,14)11-7-3-2-5-9(11)10-6-4-8-12-10/h2-5,7-8H,6H2,1H3. The minimum absolute atomic E-state index is 0.354. The highest BCUT2D eigenvalue weighted by Crippen LogP contribution is 2.19. The minimum atomic E-state index is -3.18. The van der Waals surface area contributed by atoms with Crippen molar-refractivity contribution in [1.82, 2.24) is 0 Å². The average Bonchev–Trinajstić information content (AvgIpc) is 2.69. The monoisotopic (exact) mass is 221 g/mol. The van der Waals surface area contributed by atoms with Gasteiger partial charge in [-0.05, 0) is 6.07 Å². The molecule has 0 radical (unpaired) electrons. The van der Waals surface area contributed by atoms with Gasteiger partial charge in [-0.3, -0.25) is 4.99 Å². The molecule has 15 heavy (non-hydrogen) atoms. The van der Waals surface area contributed by atoms with E-state index in [2.05, 4.69) is 4.99 Å². The second kappa shape index (κ2) is 3.62. The van der Waals surface area contributed by atoms with Crippen molar-refractivity contribution in [2.45, 2.75) is 11.3 Å². The van der Waals surface area contributed by atoms with Crippen molar-refractivity contribution in [1.29, 1.82) is 0 Å². The van der Waals surface area contributed by atoms with Gasteiger partial charge in [-0.2, -0.15) is 0 Å². The molecule has 0 amide bonds. The molecule has 1 aliphatic heterocycles. The molecule has 1 aromatic carbocycles. The van der Waals surface area contributed by atoms with Gasteiger partial charge in [0.1, 0.15) is 0 Å². The van der Waals surface area contributed by atoms with Gasteiger partial charge < -0.3 is 0 Å². The van der Waals surface area contributed by atoms with Gasteiger partial charge in [0.2, 0.25) is 0 Å². The van der Waals surface area contributed by atoms with Crippen molar-refractivity contribution in [2.24, 2.45) is 4.99 Å². The lowest BCUT2D eigenvalue weighted by Crippen LogP contribution is -2.07. The van der Waals surface area contributed by atoms with Gasteiger partial charge in [-0.25, -0.2) is 8.42 Å². The summed E-state index contributed by atoms with van der Waals surface area (Å²) >= 11 is 0. The fraction of sp³-hybridized carbons (Fsp3) is 0.182. The van der Waals surface area contributed by atoms with Crippen LogP contribution in [0.1, 0.15) is 12.0 Å². The maximum atomic E-state index is 11.5. The van der Waals surface area contributed by atoms with E-state index in [9.17, 15) is 8.42 Å². The summed E-state index contributed by atoms with van der Waals surface area (Å²) in [5.74, 6) is 0. The number of aliphatic imine (C=N–C) groups is 1. The normalized spacial score (nSPS) is 15.4. The molecule has 0 aromatic heterocycles. The quantitative estimate of drug-likeness (QED) is 0.764. The number of benzene rings is 1. The van der Waals surface area contributed by atoms with Crippen LogP contribution in [0.15, 0.2) is 46.4 Å². The van der Waals surface area contributed by atoms with E-state index in [0.717, 1.165) is 5.71 Å². The molecule has 1 aromatic rings. The molecule has 0 atom stereocenters. The maximum absolute atomic E-state index is 11.5. The summed E-state index contributed by atoms with van der Waals surface area (Å²) in [7, 11) is -3.18. The molecule has 0 unspecified atom stereocenters. The lowest BCUT2D eigenvalue weighted by atomic mass is 10.1. The van der Waals surface area contributed by atoms with Gasteiger partial charge >= 0.3 is 0 Å². The van der Waals surface area contributed by atoms with Crippen molar-refractivity contribution < 1.29 is 8.42 Å². The Morgan fingerprint density at radius 3 is 2.60 bits per heavy atom. The van der Waals surface area contributed by atoms with Crippen LogP contribution in [-0.2, 0) is 9.84 Å². The van der Waals surface area contributed by atoms with Crippen molar-refractivity contribution in [3.05, 3.63) is 42.1 Å². The molecule has 0 saturated heterocycles. The lowest BCUT2D eigenvalue weighted by Gasteiger charge is -2.06. The van der Waals surface area contributed by atoms with E-state index in [1.54, 1.807) is 24.4 Å². The molecular formula is C11H11NO2S. The molecular weight excluding hydrogens is 210 g/mol. The number of hydrogen-bond donors (Lipinski definition) is 0. The van der Waals surface area contributed by atoms with Crippen LogP contribution in [0.5, 0.6) is 0 Å². The highest BCUT2D eigenvalue weighted by Gasteiger charge is 2.16. The second-order valence-electron chi connectivity index (χ2n) is 3.43. The Morgan fingerprint density at radius 1 is 1.27 bits per heavy atom.